The first kappa shape index (κ1) is 34.4. The van der Waals surface area contributed by atoms with Gasteiger partial charge in [0, 0.05) is 57.3 Å². The van der Waals surface area contributed by atoms with Crippen LogP contribution in [0.1, 0.15) is 52.0 Å². The zero-order valence-electron chi connectivity index (χ0n) is 25.9. The molecule has 0 aliphatic carbocycles. The Kier molecular flexibility index (Phi) is 13.3. The second-order valence-electron chi connectivity index (χ2n) is 12.2. The first-order chi connectivity index (χ1) is 20.5. The van der Waals surface area contributed by atoms with Gasteiger partial charge in [-0.1, -0.05) is 31.6 Å². The molecule has 0 spiro atoms. The van der Waals surface area contributed by atoms with Crippen LogP contribution in [-0.4, -0.2) is 103 Å². The van der Waals surface area contributed by atoms with Crippen LogP contribution in [-0.2, 0) is 14.3 Å². The number of aldehydes is 2. The van der Waals surface area contributed by atoms with Crippen molar-refractivity contribution >= 4 is 30.4 Å². The number of anilines is 1. The first-order valence-electron chi connectivity index (χ1n) is 15.3. The van der Waals surface area contributed by atoms with Gasteiger partial charge in [0.2, 0.25) is 0 Å². The van der Waals surface area contributed by atoms with Crippen molar-refractivity contribution in [3.05, 3.63) is 47.3 Å². The molecule has 238 valence electrons. The lowest BCUT2D eigenvalue weighted by Gasteiger charge is -2.33. The van der Waals surface area contributed by atoms with E-state index in [1.165, 1.54) is 12.1 Å². The zero-order valence-corrected chi connectivity index (χ0v) is 25.9. The number of piperazine rings is 1. The van der Waals surface area contributed by atoms with Gasteiger partial charge in [0.15, 0.2) is 0 Å². The van der Waals surface area contributed by atoms with Gasteiger partial charge in [-0.25, -0.2) is 9.18 Å². The quantitative estimate of drug-likeness (QED) is 0.244. The number of nitrogens with zero attached hydrogens (tertiary/aromatic N) is 3. The maximum atomic E-state index is 14.5. The number of ether oxygens (including phenoxy) is 1. The highest BCUT2D eigenvalue weighted by molar-refractivity contribution is 5.69. The van der Waals surface area contributed by atoms with E-state index in [0.717, 1.165) is 24.9 Å². The first-order valence-corrected chi connectivity index (χ1v) is 15.3. The van der Waals surface area contributed by atoms with Crippen LogP contribution in [0.25, 0.3) is 6.08 Å². The predicted molar refractivity (Wildman–Crippen MR) is 165 cm³/mol. The van der Waals surface area contributed by atoms with Crippen molar-refractivity contribution < 1.29 is 33.7 Å². The summed E-state index contributed by atoms with van der Waals surface area (Å²) >= 11 is 0. The van der Waals surface area contributed by atoms with Gasteiger partial charge in [-0.2, -0.15) is 0 Å². The molecule has 43 heavy (non-hydrogen) atoms. The summed E-state index contributed by atoms with van der Waals surface area (Å²) < 4.78 is 20.4. The molecule has 1 amide bonds. The summed E-state index contributed by atoms with van der Waals surface area (Å²) in [5.41, 5.74) is 2.10. The number of rotatable bonds is 14. The molecule has 2 aliphatic heterocycles. The van der Waals surface area contributed by atoms with Crippen molar-refractivity contribution in [3.8, 4) is 0 Å². The third kappa shape index (κ3) is 10.5. The molecule has 2 aliphatic rings. The van der Waals surface area contributed by atoms with E-state index < -0.39 is 30.3 Å². The van der Waals surface area contributed by atoms with E-state index in [0.29, 0.717) is 63.0 Å². The molecule has 1 aromatic carbocycles. The molecule has 10 heteroatoms. The summed E-state index contributed by atoms with van der Waals surface area (Å²) in [6.07, 6.45) is 6.56. The van der Waals surface area contributed by atoms with Crippen molar-refractivity contribution in [2.75, 3.05) is 51.2 Å². The Labute approximate surface area is 255 Å². The highest BCUT2D eigenvalue weighted by Crippen LogP contribution is 2.28. The van der Waals surface area contributed by atoms with Crippen LogP contribution in [0.15, 0.2) is 35.9 Å². The topological polar surface area (TPSA) is 111 Å². The molecule has 0 radical (unpaired) electrons. The van der Waals surface area contributed by atoms with Crippen molar-refractivity contribution in [3.63, 3.8) is 0 Å². The fourth-order valence-electron chi connectivity index (χ4n) is 5.62. The number of aliphatic hydroxyl groups is 2. The van der Waals surface area contributed by atoms with Gasteiger partial charge in [-0.3, -0.25) is 0 Å². The number of allylic oxidation sites excluding steroid dienone is 2. The zero-order chi connectivity index (χ0) is 31.5. The van der Waals surface area contributed by atoms with Crippen molar-refractivity contribution in [1.29, 1.82) is 0 Å². The smallest absolute Gasteiger partial charge is 0.410 e. The molecule has 6 atom stereocenters. The van der Waals surface area contributed by atoms with Crippen molar-refractivity contribution in [1.82, 2.24) is 9.80 Å². The summed E-state index contributed by atoms with van der Waals surface area (Å²) in [6.45, 7) is 9.48. The largest absolute Gasteiger partial charge is 0.442 e. The van der Waals surface area contributed by atoms with Gasteiger partial charge in [0.25, 0.3) is 0 Å². The minimum Gasteiger partial charge on any atom is -0.442 e. The number of halogens is 1. The molecule has 0 saturated carbocycles. The second-order valence-corrected chi connectivity index (χ2v) is 12.2. The third-order valence-corrected chi connectivity index (χ3v) is 8.55. The Morgan fingerprint density at radius 2 is 1.81 bits per heavy atom. The van der Waals surface area contributed by atoms with E-state index in [4.69, 9.17) is 4.74 Å². The number of hydrogen-bond donors (Lipinski definition) is 2. The molecule has 0 unspecified atom stereocenters. The Morgan fingerprint density at radius 1 is 1.09 bits per heavy atom. The lowest BCUT2D eigenvalue weighted by molar-refractivity contribution is -0.111. The van der Waals surface area contributed by atoms with Crippen LogP contribution in [0.5, 0.6) is 0 Å². The molecule has 2 heterocycles. The highest BCUT2D eigenvalue weighted by atomic mass is 19.1. The van der Waals surface area contributed by atoms with E-state index in [2.05, 4.69) is 4.90 Å². The summed E-state index contributed by atoms with van der Waals surface area (Å²) in [7, 11) is 2.01. The summed E-state index contributed by atoms with van der Waals surface area (Å²) in [5, 5.41) is 19.9. The van der Waals surface area contributed by atoms with E-state index in [1.54, 1.807) is 4.90 Å². The second kappa shape index (κ2) is 16.7. The number of likely N-dealkylation sites (N-methyl/N-ethyl adjacent to an activating group) is 1. The fraction of sp³-hybridized carbons (Fsp3) is 0.606. The van der Waals surface area contributed by atoms with Crippen LogP contribution in [0.4, 0.5) is 14.9 Å². The van der Waals surface area contributed by atoms with E-state index in [-0.39, 0.29) is 24.1 Å². The molecule has 2 fully saturated rings. The Hall–Kier alpha value is -3.08. The van der Waals surface area contributed by atoms with Gasteiger partial charge < -0.3 is 39.2 Å². The highest BCUT2D eigenvalue weighted by Gasteiger charge is 2.27. The van der Waals surface area contributed by atoms with Crippen molar-refractivity contribution in [2.24, 2.45) is 17.8 Å². The van der Waals surface area contributed by atoms with Gasteiger partial charge in [-0.05, 0) is 74.9 Å². The molecule has 9 nitrogen and oxygen atoms in total. The number of aliphatic hydroxyl groups excluding tert-OH is 2. The van der Waals surface area contributed by atoms with Gasteiger partial charge in [-0.15, -0.1) is 0 Å². The summed E-state index contributed by atoms with van der Waals surface area (Å²) in [6, 6.07) is 4.74. The van der Waals surface area contributed by atoms with E-state index >= 15 is 0 Å². The average molecular weight is 602 g/mol. The SMILES string of the molecule is C/C(=C\c1cc(F)cc(N2CC[C@@H](O)C2)c1)[C@@H](C=O)[C@@H](C)/C=C/[C@H](OC(=O)N1CCN(C)CC1)[C@@H](C)CC[C@@H](O)CC=O. The third-order valence-electron chi connectivity index (χ3n) is 8.55. The summed E-state index contributed by atoms with van der Waals surface area (Å²) in [5.74, 6) is -1.25. The van der Waals surface area contributed by atoms with E-state index in [9.17, 15) is 29.0 Å². The Bertz CT molecular complexity index is 1140. The monoisotopic (exact) mass is 601 g/mol. The minimum atomic E-state index is -0.747. The van der Waals surface area contributed by atoms with Gasteiger partial charge in [0.05, 0.1) is 12.2 Å². The number of carbonyl (C=O) groups is 3. The summed E-state index contributed by atoms with van der Waals surface area (Å²) in [4.78, 5) is 41.8. The van der Waals surface area contributed by atoms with Crippen LogP contribution in [0.3, 0.4) is 0 Å². The molecule has 2 N–H and O–H groups in total. The maximum absolute atomic E-state index is 14.5. The fourth-order valence-corrected chi connectivity index (χ4v) is 5.62. The number of β-amino-alcohol motifs (C(OH)–C–C–N with tert-alkyl or cyclic N) is 1. The van der Waals surface area contributed by atoms with Gasteiger partial charge >= 0.3 is 6.09 Å². The molecule has 3 rings (SSSR count). The molecule has 0 bridgehead atoms. The Balaban J connectivity index is 1.74. The molecular weight excluding hydrogens is 553 g/mol. The van der Waals surface area contributed by atoms with Gasteiger partial charge in [0.1, 0.15) is 24.5 Å². The Morgan fingerprint density at radius 3 is 2.44 bits per heavy atom. The lowest BCUT2D eigenvalue weighted by atomic mass is 9.86. The standard InChI is InChI=1S/C33H48FN3O6/c1-23(31(22-39)25(3)17-26-18-27(34)20-28(19-26)37-11-9-30(41)21-37)6-8-32(24(2)5-7-29(40)10-16-38)43-33(42)36-14-12-35(4)13-15-36/h6,8,16-20,22-24,29-32,40-41H,5,7,9-15,21H2,1-4H3/b8-6+,25-17+/t23-,24-,29+,30+,31-,32-/m0/s1. The predicted octanol–water partition coefficient (Wildman–Crippen LogP) is 3.93. The lowest BCUT2D eigenvalue weighted by Crippen LogP contribution is -2.48. The molecular formula is C33H48FN3O6. The van der Waals surface area contributed by atoms with Crippen LogP contribution in [0.2, 0.25) is 0 Å². The van der Waals surface area contributed by atoms with Crippen LogP contribution >= 0.6 is 0 Å². The van der Waals surface area contributed by atoms with Crippen LogP contribution < -0.4 is 4.90 Å². The number of hydrogen-bond acceptors (Lipinski definition) is 8. The van der Waals surface area contributed by atoms with Crippen LogP contribution in [0, 0.1) is 23.6 Å². The van der Waals surface area contributed by atoms with Crippen molar-refractivity contribution in [2.45, 2.75) is 64.8 Å². The molecule has 0 aromatic heterocycles. The average Bonchev–Trinajstić information content (AvgIpc) is 3.40. The van der Waals surface area contributed by atoms with E-state index in [1.807, 2.05) is 57.0 Å². The normalized spacial score (nSPS) is 21.8. The number of amides is 1. The number of carbonyl (C=O) groups excluding carboxylic acids is 3. The number of benzene rings is 1. The maximum Gasteiger partial charge on any atom is 0.410 e. The molecule has 1 aromatic rings. The molecule has 2 saturated heterocycles. The minimum absolute atomic E-state index is 0.0603.